The number of ether oxygens (including phenoxy) is 3. The molecule has 0 saturated carbocycles. The highest BCUT2D eigenvalue weighted by atomic mass is 16.5. The van der Waals surface area contributed by atoms with Gasteiger partial charge in [0.1, 0.15) is 0 Å². The standard InChI is InChI=1S/C29H28N2O5/c1-34-24-15-13-19(28(35-2)29(24)36-3)26-25-21(10-7-11-23(25)32)30-22-16-18(12-14-20(22)31-26)27(33)17-8-5-4-6-9-17/h4-6,8-9,12-16,26,30-31H,7,10-11H2,1-3H3/t26-/m1/s1. The Hall–Kier alpha value is -4.26. The molecular weight excluding hydrogens is 456 g/mol. The molecule has 0 unspecified atom stereocenters. The summed E-state index contributed by atoms with van der Waals surface area (Å²) in [6, 6.07) is 17.9. The third-order valence-corrected chi connectivity index (χ3v) is 6.69. The van der Waals surface area contributed by atoms with Gasteiger partial charge in [0.25, 0.3) is 0 Å². The Morgan fingerprint density at radius 3 is 2.33 bits per heavy atom. The van der Waals surface area contributed by atoms with Gasteiger partial charge in [-0.05, 0) is 43.2 Å². The number of fused-ring (bicyclic) bond motifs is 1. The summed E-state index contributed by atoms with van der Waals surface area (Å²) < 4.78 is 16.8. The number of anilines is 2. The van der Waals surface area contributed by atoms with E-state index in [1.165, 1.54) is 0 Å². The fourth-order valence-electron chi connectivity index (χ4n) is 4.97. The SMILES string of the molecule is COc1ccc([C@H]2Nc3ccc(C(=O)c4ccccc4)cc3NC3=C2C(=O)CCC3)c(OC)c1OC. The van der Waals surface area contributed by atoms with Crippen LogP contribution in [0.5, 0.6) is 17.2 Å². The second-order valence-corrected chi connectivity index (χ2v) is 8.75. The average molecular weight is 485 g/mol. The van der Waals surface area contributed by atoms with Crippen molar-refractivity contribution in [3.8, 4) is 17.2 Å². The monoisotopic (exact) mass is 484 g/mol. The van der Waals surface area contributed by atoms with E-state index < -0.39 is 6.04 Å². The van der Waals surface area contributed by atoms with Crippen LogP contribution in [0.1, 0.15) is 46.8 Å². The summed E-state index contributed by atoms with van der Waals surface area (Å²) in [4.78, 5) is 26.4. The molecule has 7 nitrogen and oxygen atoms in total. The number of allylic oxidation sites excluding steroid dienone is 1. The Morgan fingerprint density at radius 1 is 0.833 bits per heavy atom. The van der Waals surface area contributed by atoms with E-state index in [0.717, 1.165) is 35.5 Å². The number of carbonyl (C=O) groups excluding carboxylic acids is 2. The molecule has 0 fully saturated rings. The van der Waals surface area contributed by atoms with Gasteiger partial charge in [-0.25, -0.2) is 0 Å². The highest BCUT2D eigenvalue weighted by molar-refractivity contribution is 6.10. The first-order valence-corrected chi connectivity index (χ1v) is 11.9. The molecule has 0 bridgehead atoms. The Morgan fingerprint density at radius 2 is 1.61 bits per heavy atom. The van der Waals surface area contributed by atoms with Crippen LogP contribution in [-0.4, -0.2) is 32.9 Å². The molecule has 1 aliphatic heterocycles. The lowest BCUT2D eigenvalue weighted by atomic mass is 9.86. The molecule has 1 heterocycles. The Balaban J connectivity index is 1.63. The summed E-state index contributed by atoms with van der Waals surface area (Å²) >= 11 is 0. The predicted octanol–water partition coefficient (Wildman–Crippen LogP) is 5.53. The minimum absolute atomic E-state index is 0.0588. The van der Waals surface area contributed by atoms with Gasteiger partial charge in [0, 0.05) is 34.4 Å². The number of ketones is 2. The molecule has 0 aromatic heterocycles. The lowest BCUT2D eigenvalue weighted by molar-refractivity contribution is -0.116. The molecule has 3 aromatic rings. The summed E-state index contributed by atoms with van der Waals surface area (Å²) in [5.41, 5.74) is 5.00. The lowest BCUT2D eigenvalue weighted by Crippen LogP contribution is -2.24. The normalized spacial score (nSPS) is 16.6. The number of benzene rings is 3. The van der Waals surface area contributed by atoms with Crippen LogP contribution in [0.4, 0.5) is 11.4 Å². The van der Waals surface area contributed by atoms with Crippen LogP contribution in [0.25, 0.3) is 0 Å². The van der Waals surface area contributed by atoms with E-state index in [0.29, 0.717) is 40.4 Å². The smallest absolute Gasteiger partial charge is 0.203 e. The van der Waals surface area contributed by atoms with E-state index in [1.54, 1.807) is 39.5 Å². The molecular formula is C29H28N2O5. The first-order chi connectivity index (χ1) is 17.5. The highest BCUT2D eigenvalue weighted by Gasteiger charge is 2.35. The van der Waals surface area contributed by atoms with Crippen molar-refractivity contribution in [2.24, 2.45) is 0 Å². The van der Waals surface area contributed by atoms with Crippen LogP contribution in [0, 0.1) is 0 Å². The van der Waals surface area contributed by atoms with Crippen molar-refractivity contribution < 1.29 is 23.8 Å². The van der Waals surface area contributed by atoms with Crippen LogP contribution in [0.2, 0.25) is 0 Å². The molecule has 2 N–H and O–H groups in total. The van der Waals surface area contributed by atoms with Crippen molar-refractivity contribution in [3.05, 3.63) is 88.6 Å². The minimum atomic E-state index is -0.480. The van der Waals surface area contributed by atoms with Gasteiger partial charge in [0.2, 0.25) is 5.75 Å². The van der Waals surface area contributed by atoms with Gasteiger partial charge >= 0.3 is 0 Å². The molecule has 184 valence electrons. The largest absolute Gasteiger partial charge is 0.493 e. The van der Waals surface area contributed by atoms with E-state index in [-0.39, 0.29) is 11.6 Å². The van der Waals surface area contributed by atoms with Crippen LogP contribution in [0.15, 0.2) is 71.9 Å². The third kappa shape index (κ3) is 4.06. The van der Waals surface area contributed by atoms with Crippen LogP contribution < -0.4 is 24.8 Å². The fraction of sp³-hybridized carbons (Fsp3) is 0.241. The summed E-state index contributed by atoms with van der Waals surface area (Å²) in [6.45, 7) is 0. The van der Waals surface area contributed by atoms with Gasteiger partial charge in [-0.1, -0.05) is 30.3 Å². The van der Waals surface area contributed by atoms with E-state index >= 15 is 0 Å². The average Bonchev–Trinajstić information content (AvgIpc) is 3.09. The van der Waals surface area contributed by atoms with Gasteiger partial charge in [0.05, 0.1) is 38.7 Å². The summed E-state index contributed by atoms with van der Waals surface area (Å²) in [5.74, 6) is 1.52. The summed E-state index contributed by atoms with van der Waals surface area (Å²) in [7, 11) is 4.70. The summed E-state index contributed by atoms with van der Waals surface area (Å²) in [5, 5.41) is 7.02. The van der Waals surface area contributed by atoms with Crippen molar-refractivity contribution in [2.45, 2.75) is 25.3 Å². The third-order valence-electron chi connectivity index (χ3n) is 6.69. The molecule has 0 amide bonds. The maximum Gasteiger partial charge on any atom is 0.203 e. The van der Waals surface area contributed by atoms with Crippen molar-refractivity contribution in [2.75, 3.05) is 32.0 Å². The number of Topliss-reactive ketones (excluding diaryl/α,β-unsaturated/α-hetero) is 1. The lowest BCUT2D eigenvalue weighted by Gasteiger charge is -2.27. The topological polar surface area (TPSA) is 85.9 Å². The Bertz CT molecular complexity index is 1360. The van der Waals surface area contributed by atoms with Gasteiger partial charge in [-0.2, -0.15) is 0 Å². The quantitative estimate of drug-likeness (QED) is 0.445. The second kappa shape index (κ2) is 9.77. The molecule has 5 rings (SSSR count). The van der Waals surface area contributed by atoms with E-state index in [2.05, 4.69) is 10.6 Å². The summed E-state index contributed by atoms with van der Waals surface area (Å²) in [6.07, 6.45) is 1.96. The van der Waals surface area contributed by atoms with E-state index in [4.69, 9.17) is 14.2 Å². The van der Waals surface area contributed by atoms with Crippen molar-refractivity contribution in [1.82, 2.24) is 0 Å². The molecule has 1 aliphatic carbocycles. The van der Waals surface area contributed by atoms with Crippen LogP contribution in [-0.2, 0) is 4.79 Å². The maximum atomic E-state index is 13.3. The fourth-order valence-corrected chi connectivity index (χ4v) is 4.97. The predicted molar refractivity (Wildman–Crippen MR) is 138 cm³/mol. The molecule has 0 spiro atoms. The number of carbonyl (C=O) groups is 2. The Kier molecular flexibility index (Phi) is 6.38. The zero-order valence-corrected chi connectivity index (χ0v) is 20.5. The zero-order chi connectivity index (χ0) is 25.2. The number of methoxy groups -OCH3 is 3. The maximum absolute atomic E-state index is 13.3. The molecule has 7 heteroatoms. The number of hydrogen-bond acceptors (Lipinski definition) is 7. The highest BCUT2D eigenvalue weighted by Crippen LogP contribution is 2.48. The molecule has 1 atom stereocenters. The van der Waals surface area contributed by atoms with Crippen LogP contribution in [0.3, 0.4) is 0 Å². The van der Waals surface area contributed by atoms with Crippen molar-refractivity contribution in [1.29, 1.82) is 0 Å². The number of nitrogens with one attached hydrogen (secondary N) is 2. The first-order valence-electron chi connectivity index (χ1n) is 11.9. The minimum Gasteiger partial charge on any atom is -0.493 e. The molecule has 0 radical (unpaired) electrons. The first kappa shape index (κ1) is 23.5. The van der Waals surface area contributed by atoms with Crippen molar-refractivity contribution in [3.63, 3.8) is 0 Å². The number of hydrogen-bond donors (Lipinski definition) is 2. The van der Waals surface area contributed by atoms with E-state index in [1.807, 2.05) is 42.5 Å². The molecule has 3 aromatic carbocycles. The van der Waals surface area contributed by atoms with E-state index in [9.17, 15) is 9.59 Å². The molecule has 2 aliphatic rings. The number of rotatable bonds is 6. The van der Waals surface area contributed by atoms with Gasteiger partial charge in [-0.3, -0.25) is 9.59 Å². The Labute approximate surface area is 210 Å². The van der Waals surface area contributed by atoms with Crippen molar-refractivity contribution >= 4 is 22.9 Å². The van der Waals surface area contributed by atoms with Gasteiger partial charge < -0.3 is 24.8 Å². The van der Waals surface area contributed by atoms with Gasteiger partial charge in [-0.15, -0.1) is 0 Å². The second-order valence-electron chi connectivity index (χ2n) is 8.75. The van der Waals surface area contributed by atoms with Crippen LogP contribution >= 0.6 is 0 Å². The molecule has 36 heavy (non-hydrogen) atoms. The zero-order valence-electron chi connectivity index (χ0n) is 20.5. The molecule has 0 saturated heterocycles. The van der Waals surface area contributed by atoms with Gasteiger partial charge in [0.15, 0.2) is 23.1 Å².